The van der Waals surface area contributed by atoms with E-state index in [1.54, 1.807) is 23.1 Å². The fraction of sp³-hybridized carbons (Fsp3) is 0.391. The number of halogens is 3. The number of fused-ring (bicyclic) bond motifs is 1. The number of benzene rings is 2. The number of likely N-dealkylation sites (N-methyl/N-ethyl adjacent to an activating group) is 1. The number of nitrogens with zero attached hydrogens (tertiary/aromatic N) is 3. The second-order valence-electron chi connectivity index (χ2n) is 6.99. The molecule has 1 aromatic heterocycles. The number of rotatable bonds is 11. The summed E-state index contributed by atoms with van der Waals surface area (Å²) in [5.74, 6) is 1.02. The lowest BCUT2D eigenvalue weighted by Gasteiger charge is -2.24. The molecule has 180 valence electrons. The minimum Gasteiger partial charge on any atom is -0.494 e. The highest BCUT2D eigenvalue weighted by atomic mass is 35.5. The van der Waals surface area contributed by atoms with Crippen LogP contribution in [0.25, 0.3) is 10.2 Å². The van der Waals surface area contributed by atoms with E-state index >= 15 is 0 Å². The molecule has 0 bridgehead atoms. The largest absolute Gasteiger partial charge is 0.494 e. The summed E-state index contributed by atoms with van der Waals surface area (Å²) in [6, 6.07) is 10.7. The molecule has 0 fully saturated rings. The summed E-state index contributed by atoms with van der Waals surface area (Å²) in [6.45, 7) is 9.66. The van der Waals surface area contributed by atoms with Crippen molar-refractivity contribution in [2.24, 2.45) is 0 Å². The van der Waals surface area contributed by atoms with Crippen LogP contribution in [0.3, 0.4) is 0 Å². The number of ether oxygens (including phenoxy) is 2. The van der Waals surface area contributed by atoms with E-state index in [9.17, 15) is 4.79 Å². The standard InChI is InChI=1S/C23H27Cl2N3O3S.ClH/c1-4-27(5-2)11-12-28(22(29)15-31-20-10-7-16(24)13-18(20)25)23-26-19-9-8-17(30-6-3)14-21(19)32-23;/h7-10,13-14H,4-6,11-12,15H2,1-3H3;1H. The molecule has 3 rings (SSSR count). The molecule has 0 aliphatic carbocycles. The van der Waals surface area contributed by atoms with E-state index in [-0.39, 0.29) is 24.9 Å². The van der Waals surface area contributed by atoms with E-state index in [1.165, 1.54) is 11.3 Å². The SMILES string of the molecule is CCOc1ccc2nc(N(CCN(CC)CC)C(=O)COc3ccc(Cl)cc3Cl)sc2c1.Cl. The van der Waals surface area contributed by atoms with E-state index in [2.05, 4.69) is 18.7 Å². The average Bonchev–Trinajstić information content (AvgIpc) is 3.19. The van der Waals surface area contributed by atoms with Gasteiger partial charge in [0.25, 0.3) is 5.91 Å². The molecule has 2 aromatic carbocycles. The van der Waals surface area contributed by atoms with Gasteiger partial charge < -0.3 is 14.4 Å². The van der Waals surface area contributed by atoms with Crippen molar-refractivity contribution in [2.75, 3.05) is 44.3 Å². The molecule has 1 heterocycles. The summed E-state index contributed by atoms with van der Waals surface area (Å²) < 4.78 is 12.3. The Kier molecular flexibility index (Phi) is 11.0. The molecule has 0 spiro atoms. The highest BCUT2D eigenvalue weighted by Crippen LogP contribution is 2.32. The number of amides is 1. The number of aromatic nitrogens is 1. The van der Waals surface area contributed by atoms with E-state index in [4.69, 9.17) is 37.7 Å². The van der Waals surface area contributed by atoms with E-state index in [0.717, 1.165) is 35.6 Å². The second-order valence-corrected chi connectivity index (χ2v) is 8.85. The van der Waals surface area contributed by atoms with Crippen LogP contribution in [0.4, 0.5) is 5.13 Å². The maximum absolute atomic E-state index is 13.2. The Bertz CT molecular complexity index is 1060. The van der Waals surface area contributed by atoms with Crippen molar-refractivity contribution < 1.29 is 14.3 Å². The van der Waals surface area contributed by atoms with Crippen LogP contribution in [-0.2, 0) is 4.79 Å². The number of anilines is 1. The van der Waals surface area contributed by atoms with Gasteiger partial charge in [-0.25, -0.2) is 4.98 Å². The minimum atomic E-state index is -0.188. The molecule has 0 saturated carbocycles. The molecule has 0 saturated heterocycles. The molecular formula is C23H28Cl3N3O3S. The van der Waals surface area contributed by atoms with Gasteiger partial charge in [0.1, 0.15) is 11.5 Å². The lowest BCUT2D eigenvalue weighted by atomic mass is 10.3. The highest BCUT2D eigenvalue weighted by Gasteiger charge is 2.21. The number of carbonyl (C=O) groups is 1. The van der Waals surface area contributed by atoms with Crippen LogP contribution >= 0.6 is 46.9 Å². The van der Waals surface area contributed by atoms with Crippen molar-refractivity contribution in [3.63, 3.8) is 0 Å². The molecule has 33 heavy (non-hydrogen) atoms. The molecule has 0 radical (unpaired) electrons. The third-order valence-corrected chi connectivity index (χ3v) is 6.54. The average molecular weight is 533 g/mol. The maximum atomic E-state index is 13.2. The maximum Gasteiger partial charge on any atom is 0.266 e. The first-order valence-electron chi connectivity index (χ1n) is 10.6. The predicted molar refractivity (Wildman–Crippen MR) is 140 cm³/mol. The minimum absolute atomic E-state index is 0. The van der Waals surface area contributed by atoms with Crippen molar-refractivity contribution in [1.82, 2.24) is 9.88 Å². The number of thiazole rings is 1. The monoisotopic (exact) mass is 531 g/mol. The van der Waals surface area contributed by atoms with E-state index in [0.29, 0.717) is 34.1 Å². The molecular weight excluding hydrogens is 505 g/mol. The first kappa shape index (κ1) is 27.5. The summed E-state index contributed by atoms with van der Waals surface area (Å²) in [4.78, 5) is 21.8. The van der Waals surface area contributed by atoms with Crippen LogP contribution in [0.15, 0.2) is 36.4 Å². The highest BCUT2D eigenvalue weighted by molar-refractivity contribution is 7.22. The van der Waals surface area contributed by atoms with Gasteiger partial charge in [-0.3, -0.25) is 9.69 Å². The van der Waals surface area contributed by atoms with Gasteiger partial charge in [0.2, 0.25) is 0 Å². The van der Waals surface area contributed by atoms with Crippen molar-refractivity contribution in [3.05, 3.63) is 46.4 Å². The second kappa shape index (κ2) is 13.2. The van der Waals surface area contributed by atoms with Crippen LogP contribution in [0.1, 0.15) is 20.8 Å². The van der Waals surface area contributed by atoms with Gasteiger partial charge in [0, 0.05) is 18.1 Å². The predicted octanol–water partition coefficient (Wildman–Crippen LogP) is 6.18. The van der Waals surface area contributed by atoms with Gasteiger partial charge in [-0.2, -0.15) is 0 Å². The van der Waals surface area contributed by atoms with Gasteiger partial charge in [0.15, 0.2) is 11.7 Å². The molecule has 6 nitrogen and oxygen atoms in total. The zero-order chi connectivity index (χ0) is 23.1. The van der Waals surface area contributed by atoms with Crippen LogP contribution in [0.2, 0.25) is 10.0 Å². The smallest absolute Gasteiger partial charge is 0.266 e. The van der Waals surface area contributed by atoms with Crippen molar-refractivity contribution in [1.29, 1.82) is 0 Å². The molecule has 0 unspecified atom stereocenters. The van der Waals surface area contributed by atoms with E-state index < -0.39 is 0 Å². The Balaban J connectivity index is 0.00000385. The summed E-state index contributed by atoms with van der Waals surface area (Å²) in [5, 5.41) is 1.51. The van der Waals surface area contributed by atoms with Gasteiger partial charge >= 0.3 is 0 Å². The fourth-order valence-electron chi connectivity index (χ4n) is 3.18. The Labute approximate surface area is 214 Å². The lowest BCUT2D eigenvalue weighted by molar-refractivity contribution is -0.120. The molecule has 1 amide bonds. The van der Waals surface area contributed by atoms with Crippen LogP contribution in [0, 0.1) is 0 Å². The molecule has 10 heteroatoms. The van der Waals surface area contributed by atoms with Crippen LogP contribution < -0.4 is 14.4 Å². The lowest BCUT2D eigenvalue weighted by Crippen LogP contribution is -2.41. The quantitative estimate of drug-likeness (QED) is 0.295. The zero-order valence-electron chi connectivity index (χ0n) is 18.8. The first-order valence-corrected chi connectivity index (χ1v) is 12.2. The first-order chi connectivity index (χ1) is 15.4. The number of hydrogen-bond acceptors (Lipinski definition) is 6. The normalized spacial score (nSPS) is 10.8. The van der Waals surface area contributed by atoms with Crippen molar-refractivity contribution in [2.45, 2.75) is 20.8 Å². The van der Waals surface area contributed by atoms with Gasteiger partial charge in [-0.15, -0.1) is 12.4 Å². The molecule has 0 atom stereocenters. The summed E-state index contributed by atoms with van der Waals surface area (Å²) in [5.41, 5.74) is 0.829. The van der Waals surface area contributed by atoms with Gasteiger partial charge in [0.05, 0.1) is 21.8 Å². The van der Waals surface area contributed by atoms with Crippen LogP contribution in [0.5, 0.6) is 11.5 Å². The summed E-state index contributed by atoms with van der Waals surface area (Å²) in [6.07, 6.45) is 0. The Hall–Kier alpha value is -1.77. The molecule has 0 N–H and O–H groups in total. The Morgan fingerprint density at radius 3 is 2.45 bits per heavy atom. The molecule has 0 aliphatic heterocycles. The molecule has 0 aliphatic rings. The Morgan fingerprint density at radius 1 is 1.03 bits per heavy atom. The summed E-state index contributed by atoms with van der Waals surface area (Å²) >= 11 is 13.6. The number of hydrogen-bond donors (Lipinski definition) is 0. The van der Waals surface area contributed by atoms with E-state index in [1.807, 2.05) is 25.1 Å². The Morgan fingerprint density at radius 2 is 1.79 bits per heavy atom. The summed E-state index contributed by atoms with van der Waals surface area (Å²) in [7, 11) is 0. The van der Waals surface area contributed by atoms with Crippen LogP contribution in [-0.4, -0.2) is 55.2 Å². The van der Waals surface area contributed by atoms with Crippen molar-refractivity contribution >= 4 is 68.2 Å². The topological polar surface area (TPSA) is 54.9 Å². The van der Waals surface area contributed by atoms with Gasteiger partial charge in [-0.1, -0.05) is 48.4 Å². The number of carbonyl (C=O) groups excluding carboxylic acids is 1. The zero-order valence-corrected chi connectivity index (χ0v) is 22.0. The fourth-order valence-corrected chi connectivity index (χ4v) is 4.68. The van der Waals surface area contributed by atoms with Crippen molar-refractivity contribution in [3.8, 4) is 11.5 Å². The molecule has 3 aromatic rings. The third-order valence-electron chi connectivity index (χ3n) is 4.97. The third kappa shape index (κ3) is 7.36. The van der Waals surface area contributed by atoms with Gasteiger partial charge in [-0.05, 0) is 56.4 Å².